The maximum absolute atomic E-state index is 13.2. The lowest BCUT2D eigenvalue weighted by atomic mass is 9.89. The summed E-state index contributed by atoms with van der Waals surface area (Å²) in [7, 11) is 0. The van der Waals surface area contributed by atoms with Crippen LogP contribution in [-0.2, 0) is 5.41 Å². The third kappa shape index (κ3) is 2.50. The predicted octanol–water partition coefficient (Wildman–Crippen LogP) is 3.71. The minimum absolute atomic E-state index is 0.0927. The summed E-state index contributed by atoms with van der Waals surface area (Å²) in [6, 6.07) is 10.7. The third-order valence-electron chi connectivity index (χ3n) is 3.45. The third-order valence-corrected chi connectivity index (χ3v) is 3.45. The van der Waals surface area contributed by atoms with Gasteiger partial charge in [-0.1, -0.05) is 39.0 Å². The number of nitrogens with zero attached hydrogens (tertiary/aromatic N) is 3. The van der Waals surface area contributed by atoms with Crippen molar-refractivity contribution in [3.05, 3.63) is 48.0 Å². The highest BCUT2D eigenvalue weighted by atomic mass is 19.1. The maximum atomic E-state index is 13.2. The lowest BCUT2D eigenvalue weighted by molar-refractivity contribution is 0.574. The average Bonchev–Trinajstić information content (AvgIpc) is 2.45. The number of hydrogen-bond donors (Lipinski definition) is 1. The molecule has 3 aromatic rings. The van der Waals surface area contributed by atoms with E-state index in [1.165, 1.54) is 6.07 Å². The van der Waals surface area contributed by atoms with Gasteiger partial charge in [0.05, 0.1) is 16.8 Å². The zero-order chi connectivity index (χ0) is 15.9. The largest absolute Gasteiger partial charge is 0.383 e. The Balaban J connectivity index is 2.32. The van der Waals surface area contributed by atoms with Gasteiger partial charge < -0.3 is 5.73 Å². The van der Waals surface area contributed by atoms with Crippen LogP contribution in [0.2, 0.25) is 0 Å². The van der Waals surface area contributed by atoms with E-state index in [0.29, 0.717) is 11.4 Å². The van der Waals surface area contributed by atoms with Crippen LogP contribution in [0.3, 0.4) is 0 Å². The van der Waals surface area contributed by atoms with Crippen molar-refractivity contribution in [3.8, 4) is 11.4 Å². The number of aromatic nitrogens is 3. The number of fused-ring (bicyclic) bond motifs is 1. The number of rotatable bonds is 1. The van der Waals surface area contributed by atoms with Crippen LogP contribution < -0.4 is 5.73 Å². The van der Waals surface area contributed by atoms with Gasteiger partial charge >= 0.3 is 0 Å². The molecule has 3 rings (SSSR count). The molecule has 0 saturated heterocycles. The Kier molecular flexibility index (Phi) is 3.28. The van der Waals surface area contributed by atoms with Crippen LogP contribution in [0.1, 0.15) is 26.5 Å². The standard InChI is InChI=1S/C17H17FN4/c1-17(2,3)14-10-6-4-5-7-12(10)20-16(22-14)11-8-9-13(18)21-15(11)19/h4-9H,1-3H3,(H2,19,21). The lowest BCUT2D eigenvalue weighted by Crippen LogP contribution is -2.15. The normalized spacial score (nSPS) is 11.8. The van der Waals surface area contributed by atoms with E-state index in [1.54, 1.807) is 6.07 Å². The molecule has 0 aliphatic carbocycles. The quantitative estimate of drug-likeness (QED) is 0.695. The summed E-state index contributed by atoms with van der Waals surface area (Å²) in [6.07, 6.45) is 0. The van der Waals surface area contributed by atoms with E-state index in [9.17, 15) is 4.39 Å². The van der Waals surface area contributed by atoms with Gasteiger partial charge in [0.25, 0.3) is 0 Å². The van der Waals surface area contributed by atoms with Gasteiger partial charge in [-0.3, -0.25) is 0 Å². The van der Waals surface area contributed by atoms with Gasteiger partial charge in [-0.2, -0.15) is 4.39 Å². The molecule has 2 N–H and O–H groups in total. The first kappa shape index (κ1) is 14.4. The fourth-order valence-corrected chi connectivity index (χ4v) is 2.41. The highest BCUT2D eigenvalue weighted by Crippen LogP contribution is 2.31. The van der Waals surface area contributed by atoms with Crippen molar-refractivity contribution < 1.29 is 4.39 Å². The molecule has 0 amide bonds. The number of pyridine rings is 1. The number of nitrogens with two attached hydrogens (primary N) is 1. The number of para-hydroxylation sites is 1. The molecule has 0 aliphatic rings. The Bertz CT molecular complexity index is 853. The first-order chi connectivity index (χ1) is 10.4. The Morgan fingerprint density at radius 1 is 0.955 bits per heavy atom. The second-order valence-corrected chi connectivity index (χ2v) is 6.23. The molecule has 0 bridgehead atoms. The second kappa shape index (κ2) is 5.02. The average molecular weight is 296 g/mol. The minimum Gasteiger partial charge on any atom is -0.383 e. The minimum atomic E-state index is -0.613. The van der Waals surface area contributed by atoms with Crippen LogP contribution in [0.4, 0.5) is 10.2 Å². The number of nitrogen functional groups attached to an aromatic ring is 1. The lowest BCUT2D eigenvalue weighted by Gasteiger charge is -2.20. The molecule has 0 aliphatic heterocycles. The van der Waals surface area contributed by atoms with Crippen molar-refractivity contribution in [2.45, 2.75) is 26.2 Å². The van der Waals surface area contributed by atoms with Gasteiger partial charge in [-0.25, -0.2) is 15.0 Å². The fourth-order valence-electron chi connectivity index (χ4n) is 2.41. The molecule has 0 atom stereocenters. The highest BCUT2D eigenvalue weighted by Gasteiger charge is 2.21. The maximum Gasteiger partial charge on any atom is 0.214 e. The van der Waals surface area contributed by atoms with Crippen LogP contribution in [-0.4, -0.2) is 15.0 Å². The van der Waals surface area contributed by atoms with Crippen molar-refractivity contribution >= 4 is 16.7 Å². The molecule has 4 nitrogen and oxygen atoms in total. The molecule has 0 radical (unpaired) electrons. The molecule has 0 unspecified atom stereocenters. The summed E-state index contributed by atoms with van der Waals surface area (Å²) >= 11 is 0. The SMILES string of the molecule is CC(C)(C)c1nc(-c2ccc(F)nc2N)nc2ccccc12. The van der Waals surface area contributed by atoms with E-state index in [1.807, 2.05) is 24.3 Å². The van der Waals surface area contributed by atoms with Crippen LogP contribution in [0.15, 0.2) is 36.4 Å². The monoisotopic (exact) mass is 296 g/mol. The molecular weight excluding hydrogens is 279 g/mol. The van der Waals surface area contributed by atoms with E-state index in [2.05, 4.69) is 35.7 Å². The van der Waals surface area contributed by atoms with E-state index in [4.69, 9.17) is 5.73 Å². The van der Waals surface area contributed by atoms with Crippen LogP contribution in [0.25, 0.3) is 22.3 Å². The Labute approximate surface area is 128 Å². The molecule has 22 heavy (non-hydrogen) atoms. The van der Waals surface area contributed by atoms with Crippen molar-refractivity contribution in [3.63, 3.8) is 0 Å². The van der Waals surface area contributed by atoms with Crippen LogP contribution in [0, 0.1) is 5.95 Å². The molecule has 112 valence electrons. The van der Waals surface area contributed by atoms with Crippen molar-refractivity contribution in [1.29, 1.82) is 0 Å². The Morgan fingerprint density at radius 3 is 2.36 bits per heavy atom. The smallest absolute Gasteiger partial charge is 0.214 e. The topological polar surface area (TPSA) is 64.7 Å². The number of hydrogen-bond acceptors (Lipinski definition) is 4. The Morgan fingerprint density at radius 2 is 1.68 bits per heavy atom. The highest BCUT2D eigenvalue weighted by molar-refractivity contribution is 5.84. The summed E-state index contributed by atoms with van der Waals surface area (Å²) in [5.41, 5.74) is 7.97. The molecule has 2 heterocycles. The zero-order valence-corrected chi connectivity index (χ0v) is 12.8. The molecule has 0 fully saturated rings. The van der Waals surface area contributed by atoms with E-state index in [0.717, 1.165) is 16.6 Å². The molecule has 0 saturated carbocycles. The summed E-state index contributed by atoms with van der Waals surface area (Å²) in [5, 5.41) is 1.01. The second-order valence-electron chi connectivity index (χ2n) is 6.23. The number of benzene rings is 1. The predicted molar refractivity (Wildman–Crippen MR) is 85.8 cm³/mol. The van der Waals surface area contributed by atoms with Crippen LogP contribution in [0.5, 0.6) is 0 Å². The molecule has 5 heteroatoms. The van der Waals surface area contributed by atoms with Gasteiger partial charge in [0.1, 0.15) is 5.82 Å². The molecule has 2 aromatic heterocycles. The summed E-state index contributed by atoms with van der Waals surface area (Å²) in [6.45, 7) is 6.29. The van der Waals surface area contributed by atoms with E-state index in [-0.39, 0.29) is 11.2 Å². The fraction of sp³-hybridized carbons (Fsp3) is 0.235. The van der Waals surface area contributed by atoms with E-state index >= 15 is 0 Å². The number of halogens is 1. The van der Waals surface area contributed by atoms with Gasteiger partial charge in [0, 0.05) is 10.8 Å². The summed E-state index contributed by atoms with van der Waals surface area (Å²) in [4.78, 5) is 12.9. The first-order valence-corrected chi connectivity index (χ1v) is 7.06. The molecule has 1 aromatic carbocycles. The van der Waals surface area contributed by atoms with E-state index < -0.39 is 5.95 Å². The first-order valence-electron chi connectivity index (χ1n) is 7.06. The Hall–Kier alpha value is -2.56. The number of anilines is 1. The summed E-state index contributed by atoms with van der Waals surface area (Å²) in [5.74, 6) is -0.0538. The summed E-state index contributed by atoms with van der Waals surface area (Å²) < 4.78 is 13.2. The van der Waals surface area contributed by atoms with Crippen molar-refractivity contribution in [2.75, 3.05) is 5.73 Å². The van der Waals surface area contributed by atoms with Crippen molar-refractivity contribution in [1.82, 2.24) is 15.0 Å². The van der Waals surface area contributed by atoms with Crippen LogP contribution >= 0.6 is 0 Å². The van der Waals surface area contributed by atoms with Crippen molar-refractivity contribution in [2.24, 2.45) is 0 Å². The van der Waals surface area contributed by atoms with Gasteiger partial charge in [-0.15, -0.1) is 0 Å². The molecule has 0 spiro atoms. The van der Waals surface area contributed by atoms with Gasteiger partial charge in [-0.05, 0) is 18.2 Å². The molecular formula is C17H17FN4. The zero-order valence-electron chi connectivity index (χ0n) is 12.8. The van der Waals surface area contributed by atoms with Gasteiger partial charge in [0.15, 0.2) is 5.82 Å². The van der Waals surface area contributed by atoms with Gasteiger partial charge in [0.2, 0.25) is 5.95 Å².